The Kier molecular flexibility index (Phi) is 5.87. The van der Waals surface area contributed by atoms with Crippen molar-refractivity contribution in [1.82, 2.24) is 10.2 Å². The lowest BCUT2D eigenvalue weighted by Crippen LogP contribution is -2.46. The van der Waals surface area contributed by atoms with Gasteiger partial charge in [0.1, 0.15) is 0 Å². The molecular weight excluding hydrogens is 268 g/mol. The summed E-state index contributed by atoms with van der Waals surface area (Å²) in [5.74, 6) is 1.37. The van der Waals surface area contributed by atoms with Gasteiger partial charge in [-0.25, -0.2) is 0 Å². The molecule has 5 nitrogen and oxygen atoms in total. The first-order valence-electron chi connectivity index (χ1n) is 7.57. The number of rotatable bonds is 6. The van der Waals surface area contributed by atoms with Crippen LogP contribution in [0.3, 0.4) is 0 Å². The smallest absolute Gasteiger partial charge is 0.254 e. The van der Waals surface area contributed by atoms with Crippen molar-refractivity contribution in [3.05, 3.63) is 23.8 Å². The highest BCUT2D eigenvalue weighted by Gasteiger charge is 2.19. The second-order valence-corrected chi connectivity index (χ2v) is 5.11. The first-order chi connectivity index (χ1) is 10.3. The Morgan fingerprint density at radius 2 is 2.05 bits per heavy atom. The zero-order chi connectivity index (χ0) is 15.1. The molecule has 0 atom stereocenters. The van der Waals surface area contributed by atoms with E-state index in [2.05, 4.69) is 12.2 Å². The predicted molar refractivity (Wildman–Crippen MR) is 82.2 cm³/mol. The van der Waals surface area contributed by atoms with E-state index in [0.717, 1.165) is 39.0 Å². The van der Waals surface area contributed by atoms with Gasteiger partial charge < -0.3 is 19.7 Å². The van der Waals surface area contributed by atoms with Crippen molar-refractivity contribution in [1.29, 1.82) is 0 Å². The summed E-state index contributed by atoms with van der Waals surface area (Å²) in [5.41, 5.74) is 0.650. The molecule has 21 heavy (non-hydrogen) atoms. The Labute approximate surface area is 126 Å². The largest absolute Gasteiger partial charge is 0.493 e. The van der Waals surface area contributed by atoms with E-state index in [0.29, 0.717) is 23.7 Å². The lowest BCUT2D eigenvalue weighted by Gasteiger charge is -2.27. The normalized spacial score (nSPS) is 14.9. The van der Waals surface area contributed by atoms with Crippen molar-refractivity contribution >= 4 is 5.91 Å². The van der Waals surface area contributed by atoms with Crippen molar-refractivity contribution in [3.63, 3.8) is 0 Å². The molecule has 1 aromatic rings. The van der Waals surface area contributed by atoms with E-state index in [1.54, 1.807) is 13.2 Å². The number of carbonyl (C=O) groups is 1. The van der Waals surface area contributed by atoms with E-state index in [4.69, 9.17) is 9.47 Å². The molecule has 1 aromatic carbocycles. The fourth-order valence-corrected chi connectivity index (χ4v) is 2.30. The number of nitrogens with zero attached hydrogens (tertiary/aromatic N) is 1. The number of benzene rings is 1. The number of ether oxygens (including phenoxy) is 2. The molecule has 5 heteroatoms. The number of hydrogen-bond acceptors (Lipinski definition) is 4. The van der Waals surface area contributed by atoms with E-state index in [1.165, 1.54) is 0 Å². The molecule has 1 heterocycles. The van der Waals surface area contributed by atoms with Gasteiger partial charge in [-0.15, -0.1) is 0 Å². The minimum absolute atomic E-state index is 0.0508. The molecule has 0 radical (unpaired) electrons. The fraction of sp³-hybridized carbons (Fsp3) is 0.562. The summed E-state index contributed by atoms with van der Waals surface area (Å²) in [6, 6.07) is 5.41. The van der Waals surface area contributed by atoms with Crippen LogP contribution >= 0.6 is 0 Å². The standard InChI is InChI=1S/C16H24N2O3/c1-3-4-11-21-14-6-5-13(12-15(14)20-2)16(19)18-9-7-17-8-10-18/h5-6,12,17H,3-4,7-11H2,1-2H3. The van der Waals surface area contributed by atoms with Gasteiger partial charge in [-0.1, -0.05) is 13.3 Å². The molecule has 1 N–H and O–H groups in total. The van der Waals surface area contributed by atoms with Crippen LogP contribution in [-0.2, 0) is 0 Å². The van der Waals surface area contributed by atoms with E-state index < -0.39 is 0 Å². The highest BCUT2D eigenvalue weighted by Crippen LogP contribution is 2.28. The maximum absolute atomic E-state index is 12.4. The molecular formula is C16H24N2O3. The average molecular weight is 292 g/mol. The fourth-order valence-electron chi connectivity index (χ4n) is 2.30. The summed E-state index contributed by atoms with van der Waals surface area (Å²) >= 11 is 0. The third-order valence-electron chi connectivity index (χ3n) is 3.57. The molecule has 1 amide bonds. The highest BCUT2D eigenvalue weighted by atomic mass is 16.5. The van der Waals surface area contributed by atoms with Crippen molar-refractivity contribution in [2.24, 2.45) is 0 Å². The topological polar surface area (TPSA) is 50.8 Å². The summed E-state index contributed by atoms with van der Waals surface area (Å²) in [7, 11) is 1.60. The Bertz CT molecular complexity index is 471. The number of carbonyl (C=O) groups excluding carboxylic acids is 1. The molecule has 1 fully saturated rings. The van der Waals surface area contributed by atoms with Crippen molar-refractivity contribution < 1.29 is 14.3 Å². The van der Waals surface area contributed by atoms with Crippen molar-refractivity contribution in [2.45, 2.75) is 19.8 Å². The third-order valence-corrected chi connectivity index (χ3v) is 3.57. The average Bonchev–Trinajstić information content (AvgIpc) is 2.55. The zero-order valence-electron chi connectivity index (χ0n) is 12.9. The molecule has 0 unspecified atom stereocenters. The highest BCUT2D eigenvalue weighted by molar-refractivity contribution is 5.95. The third kappa shape index (κ3) is 4.11. The number of piperazine rings is 1. The summed E-state index contributed by atoms with van der Waals surface area (Å²) in [5, 5.41) is 3.24. The first-order valence-corrected chi connectivity index (χ1v) is 7.57. The first kappa shape index (κ1) is 15.6. The van der Waals surface area contributed by atoms with Gasteiger partial charge in [0.25, 0.3) is 5.91 Å². The zero-order valence-corrected chi connectivity index (χ0v) is 12.9. The van der Waals surface area contributed by atoms with Crippen LogP contribution in [0, 0.1) is 0 Å². The van der Waals surface area contributed by atoms with Crippen LogP contribution in [0.15, 0.2) is 18.2 Å². The van der Waals surface area contributed by atoms with Crippen LogP contribution < -0.4 is 14.8 Å². The van der Waals surface area contributed by atoms with Crippen LogP contribution in [-0.4, -0.2) is 50.7 Å². The maximum Gasteiger partial charge on any atom is 0.254 e. The SMILES string of the molecule is CCCCOc1ccc(C(=O)N2CCNCC2)cc1OC. The number of amides is 1. The van der Waals surface area contributed by atoms with Crippen LogP contribution in [0.1, 0.15) is 30.1 Å². The van der Waals surface area contributed by atoms with Gasteiger partial charge in [0.2, 0.25) is 0 Å². The van der Waals surface area contributed by atoms with Crippen molar-refractivity contribution in [3.8, 4) is 11.5 Å². The van der Waals surface area contributed by atoms with Crippen molar-refractivity contribution in [2.75, 3.05) is 39.9 Å². The molecule has 2 rings (SSSR count). The lowest BCUT2D eigenvalue weighted by molar-refractivity contribution is 0.0735. The second kappa shape index (κ2) is 7.88. The van der Waals surface area contributed by atoms with Gasteiger partial charge in [0.05, 0.1) is 13.7 Å². The summed E-state index contributed by atoms with van der Waals surface area (Å²) in [6.45, 7) is 5.97. The quantitative estimate of drug-likeness (QED) is 0.814. The molecule has 1 saturated heterocycles. The van der Waals surface area contributed by atoms with E-state index in [-0.39, 0.29) is 5.91 Å². The van der Waals surface area contributed by atoms with Gasteiger partial charge in [-0.05, 0) is 24.6 Å². The van der Waals surface area contributed by atoms with E-state index in [1.807, 2.05) is 17.0 Å². The van der Waals surface area contributed by atoms with E-state index in [9.17, 15) is 4.79 Å². The van der Waals surface area contributed by atoms with E-state index >= 15 is 0 Å². The Morgan fingerprint density at radius 3 is 2.71 bits per heavy atom. The Hall–Kier alpha value is -1.75. The lowest BCUT2D eigenvalue weighted by atomic mass is 10.1. The Morgan fingerprint density at radius 1 is 1.29 bits per heavy atom. The minimum atomic E-state index is 0.0508. The predicted octanol–water partition coefficient (Wildman–Crippen LogP) is 1.92. The molecule has 0 saturated carbocycles. The van der Waals surface area contributed by atoms with Gasteiger partial charge >= 0.3 is 0 Å². The number of nitrogens with one attached hydrogen (secondary N) is 1. The monoisotopic (exact) mass is 292 g/mol. The number of methoxy groups -OCH3 is 1. The maximum atomic E-state index is 12.4. The summed E-state index contributed by atoms with van der Waals surface area (Å²) < 4.78 is 11.0. The number of unbranched alkanes of at least 4 members (excludes halogenated alkanes) is 1. The summed E-state index contributed by atoms with van der Waals surface area (Å²) in [6.07, 6.45) is 2.09. The van der Waals surface area contributed by atoms with Crippen LogP contribution in [0.5, 0.6) is 11.5 Å². The molecule has 116 valence electrons. The molecule has 1 aliphatic rings. The van der Waals surface area contributed by atoms with Crippen LogP contribution in [0.25, 0.3) is 0 Å². The van der Waals surface area contributed by atoms with Gasteiger partial charge in [0.15, 0.2) is 11.5 Å². The Balaban J connectivity index is 2.08. The van der Waals surface area contributed by atoms with Crippen LogP contribution in [0.2, 0.25) is 0 Å². The molecule has 1 aliphatic heterocycles. The van der Waals surface area contributed by atoms with Gasteiger partial charge in [0, 0.05) is 31.7 Å². The van der Waals surface area contributed by atoms with Gasteiger partial charge in [-0.3, -0.25) is 4.79 Å². The second-order valence-electron chi connectivity index (χ2n) is 5.11. The summed E-state index contributed by atoms with van der Waals surface area (Å²) in [4.78, 5) is 14.3. The molecule has 0 spiro atoms. The number of hydrogen-bond donors (Lipinski definition) is 1. The molecule has 0 bridgehead atoms. The minimum Gasteiger partial charge on any atom is -0.493 e. The molecule has 0 aromatic heterocycles. The van der Waals surface area contributed by atoms with Crippen LogP contribution in [0.4, 0.5) is 0 Å². The van der Waals surface area contributed by atoms with Gasteiger partial charge in [-0.2, -0.15) is 0 Å². The molecule has 0 aliphatic carbocycles.